The van der Waals surface area contributed by atoms with E-state index in [0.29, 0.717) is 0 Å². The number of rotatable bonds is 5. The Morgan fingerprint density at radius 3 is 2.80 bits per heavy atom. The predicted octanol–water partition coefficient (Wildman–Crippen LogP) is 2.45. The number of aryl methyl sites for hydroxylation is 1. The number of thiazole rings is 2. The second-order valence-electron chi connectivity index (χ2n) is 3.10. The highest BCUT2D eigenvalue weighted by molar-refractivity contribution is 7.11. The molecular weight excluding hydrogens is 226 g/mol. The lowest BCUT2D eigenvalue weighted by atomic mass is 10.4. The van der Waals surface area contributed by atoms with Gasteiger partial charge in [-0.2, -0.15) is 0 Å². The van der Waals surface area contributed by atoms with Crippen molar-refractivity contribution in [2.24, 2.45) is 0 Å². The summed E-state index contributed by atoms with van der Waals surface area (Å²) in [5.74, 6) is 0. The van der Waals surface area contributed by atoms with Crippen LogP contribution in [0.3, 0.4) is 0 Å². The Bertz CT molecular complexity index is 394. The Morgan fingerprint density at radius 1 is 1.27 bits per heavy atom. The van der Waals surface area contributed by atoms with Crippen LogP contribution >= 0.6 is 22.7 Å². The summed E-state index contributed by atoms with van der Waals surface area (Å²) < 4.78 is 0. The molecule has 0 bridgehead atoms. The van der Waals surface area contributed by atoms with Gasteiger partial charge in [-0.25, -0.2) is 9.97 Å². The molecule has 0 radical (unpaired) electrons. The van der Waals surface area contributed by atoms with Crippen molar-refractivity contribution in [2.45, 2.75) is 26.4 Å². The summed E-state index contributed by atoms with van der Waals surface area (Å²) in [7, 11) is 0. The van der Waals surface area contributed by atoms with Crippen molar-refractivity contribution in [3.63, 3.8) is 0 Å². The Kier molecular flexibility index (Phi) is 3.82. The minimum Gasteiger partial charge on any atom is -0.304 e. The molecule has 15 heavy (non-hydrogen) atoms. The van der Waals surface area contributed by atoms with E-state index in [0.717, 1.165) is 29.5 Å². The Balaban J connectivity index is 1.78. The van der Waals surface area contributed by atoms with E-state index in [1.165, 1.54) is 4.88 Å². The Morgan fingerprint density at radius 2 is 2.13 bits per heavy atom. The lowest BCUT2D eigenvalue weighted by Crippen LogP contribution is -2.11. The van der Waals surface area contributed by atoms with Crippen LogP contribution in [0, 0.1) is 0 Å². The van der Waals surface area contributed by atoms with Gasteiger partial charge in [0.15, 0.2) is 0 Å². The van der Waals surface area contributed by atoms with Gasteiger partial charge in [0.1, 0.15) is 10.0 Å². The Labute approximate surface area is 97.2 Å². The molecule has 0 unspecified atom stereocenters. The third-order valence-electron chi connectivity index (χ3n) is 1.99. The second-order valence-corrected chi connectivity index (χ2v) is 5.28. The number of nitrogens with one attached hydrogen (secondary N) is 1. The normalized spacial score (nSPS) is 10.7. The molecule has 2 aromatic heterocycles. The van der Waals surface area contributed by atoms with Gasteiger partial charge < -0.3 is 5.32 Å². The molecule has 0 aliphatic carbocycles. The van der Waals surface area contributed by atoms with Gasteiger partial charge >= 0.3 is 0 Å². The largest absolute Gasteiger partial charge is 0.304 e. The molecule has 5 heteroatoms. The highest BCUT2D eigenvalue weighted by atomic mass is 32.1. The van der Waals surface area contributed by atoms with Crippen molar-refractivity contribution in [3.8, 4) is 0 Å². The molecule has 2 rings (SSSR count). The fraction of sp³-hybridized carbons (Fsp3) is 0.400. The van der Waals surface area contributed by atoms with Gasteiger partial charge in [0.2, 0.25) is 0 Å². The van der Waals surface area contributed by atoms with Crippen LogP contribution in [-0.2, 0) is 19.5 Å². The van der Waals surface area contributed by atoms with Crippen molar-refractivity contribution >= 4 is 22.7 Å². The number of hydrogen-bond acceptors (Lipinski definition) is 5. The molecule has 1 N–H and O–H groups in total. The Hall–Kier alpha value is -0.780. The molecule has 0 saturated carbocycles. The van der Waals surface area contributed by atoms with Gasteiger partial charge in [0.05, 0.1) is 0 Å². The zero-order valence-corrected chi connectivity index (χ0v) is 10.2. The molecule has 0 atom stereocenters. The molecule has 0 aliphatic rings. The quantitative estimate of drug-likeness (QED) is 0.871. The van der Waals surface area contributed by atoms with Gasteiger partial charge in [-0.1, -0.05) is 6.92 Å². The zero-order valence-electron chi connectivity index (χ0n) is 8.56. The molecule has 80 valence electrons. The zero-order chi connectivity index (χ0) is 10.5. The third kappa shape index (κ3) is 3.09. The first kappa shape index (κ1) is 10.7. The molecule has 2 aromatic rings. The van der Waals surface area contributed by atoms with E-state index in [9.17, 15) is 0 Å². The van der Waals surface area contributed by atoms with Gasteiger partial charge in [-0.15, -0.1) is 22.7 Å². The topological polar surface area (TPSA) is 37.8 Å². The van der Waals surface area contributed by atoms with Crippen LogP contribution in [0.5, 0.6) is 0 Å². The number of aromatic nitrogens is 2. The minimum absolute atomic E-state index is 0.832. The third-order valence-corrected chi connectivity index (χ3v) is 3.91. The van der Waals surface area contributed by atoms with E-state index in [-0.39, 0.29) is 0 Å². The van der Waals surface area contributed by atoms with Crippen LogP contribution < -0.4 is 5.32 Å². The maximum atomic E-state index is 4.34. The molecule has 2 heterocycles. The van der Waals surface area contributed by atoms with Gasteiger partial charge in [0, 0.05) is 35.7 Å². The SMILES string of the molecule is CCc1cnc(CNCc2nccs2)s1. The molecular formula is C10H13N3S2. The van der Waals surface area contributed by atoms with Crippen molar-refractivity contribution in [1.82, 2.24) is 15.3 Å². The van der Waals surface area contributed by atoms with E-state index in [1.54, 1.807) is 22.7 Å². The predicted molar refractivity (Wildman–Crippen MR) is 64.1 cm³/mol. The number of nitrogens with zero attached hydrogens (tertiary/aromatic N) is 2. The van der Waals surface area contributed by atoms with Crippen LogP contribution in [0.25, 0.3) is 0 Å². The van der Waals surface area contributed by atoms with Crippen molar-refractivity contribution in [2.75, 3.05) is 0 Å². The molecule has 0 amide bonds. The minimum atomic E-state index is 0.832. The maximum absolute atomic E-state index is 4.34. The highest BCUT2D eigenvalue weighted by Crippen LogP contribution is 2.13. The van der Waals surface area contributed by atoms with Gasteiger partial charge in [-0.05, 0) is 6.42 Å². The first-order valence-corrected chi connectivity index (χ1v) is 6.60. The van der Waals surface area contributed by atoms with E-state index in [1.807, 2.05) is 17.8 Å². The first-order valence-electron chi connectivity index (χ1n) is 4.91. The second kappa shape index (κ2) is 5.34. The summed E-state index contributed by atoms with van der Waals surface area (Å²) in [6, 6.07) is 0. The van der Waals surface area contributed by atoms with Crippen LogP contribution in [0.1, 0.15) is 21.8 Å². The van der Waals surface area contributed by atoms with Crippen molar-refractivity contribution in [1.29, 1.82) is 0 Å². The first-order chi connectivity index (χ1) is 7.38. The summed E-state index contributed by atoms with van der Waals surface area (Å²) in [4.78, 5) is 9.90. The van der Waals surface area contributed by atoms with E-state index >= 15 is 0 Å². The molecule has 0 saturated heterocycles. The van der Waals surface area contributed by atoms with Crippen molar-refractivity contribution in [3.05, 3.63) is 32.7 Å². The lowest BCUT2D eigenvalue weighted by molar-refractivity contribution is 0.686. The summed E-state index contributed by atoms with van der Waals surface area (Å²) >= 11 is 3.46. The average molecular weight is 239 g/mol. The average Bonchev–Trinajstić information content (AvgIpc) is 2.88. The molecule has 3 nitrogen and oxygen atoms in total. The van der Waals surface area contributed by atoms with Crippen LogP contribution in [0.15, 0.2) is 17.8 Å². The van der Waals surface area contributed by atoms with E-state index in [2.05, 4.69) is 22.2 Å². The van der Waals surface area contributed by atoms with E-state index < -0.39 is 0 Å². The fourth-order valence-electron chi connectivity index (χ4n) is 1.21. The number of hydrogen-bond donors (Lipinski definition) is 1. The maximum Gasteiger partial charge on any atom is 0.107 e. The van der Waals surface area contributed by atoms with Gasteiger partial charge in [0.25, 0.3) is 0 Å². The van der Waals surface area contributed by atoms with Crippen LogP contribution in [0.2, 0.25) is 0 Å². The summed E-state index contributed by atoms with van der Waals surface area (Å²) in [5, 5.41) is 7.62. The van der Waals surface area contributed by atoms with Gasteiger partial charge in [-0.3, -0.25) is 0 Å². The van der Waals surface area contributed by atoms with Crippen LogP contribution in [0.4, 0.5) is 0 Å². The van der Waals surface area contributed by atoms with Crippen LogP contribution in [-0.4, -0.2) is 9.97 Å². The molecule has 0 spiro atoms. The molecule has 0 aliphatic heterocycles. The molecule has 0 fully saturated rings. The smallest absolute Gasteiger partial charge is 0.107 e. The summed E-state index contributed by atoms with van der Waals surface area (Å²) in [5.41, 5.74) is 0. The highest BCUT2D eigenvalue weighted by Gasteiger charge is 2.00. The summed E-state index contributed by atoms with van der Waals surface area (Å²) in [6.07, 6.45) is 4.87. The summed E-state index contributed by atoms with van der Waals surface area (Å²) in [6.45, 7) is 3.82. The monoisotopic (exact) mass is 239 g/mol. The van der Waals surface area contributed by atoms with E-state index in [4.69, 9.17) is 0 Å². The lowest BCUT2D eigenvalue weighted by Gasteiger charge is -1.98. The molecule has 0 aromatic carbocycles. The standard InChI is InChI=1S/C10H13N3S2/c1-2-8-5-13-10(15-8)7-11-6-9-12-3-4-14-9/h3-5,11H,2,6-7H2,1H3. The van der Waals surface area contributed by atoms with Crippen molar-refractivity contribution < 1.29 is 0 Å². The fourth-order valence-corrected chi connectivity index (χ4v) is 2.63.